The predicted molar refractivity (Wildman–Crippen MR) is 96.7 cm³/mol. The number of fused-ring (bicyclic) bond motifs is 1. The molecule has 2 aromatic heterocycles. The van der Waals surface area contributed by atoms with Crippen LogP contribution in [0.3, 0.4) is 0 Å². The van der Waals surface area contributed by atoms with Crippen LogP contribution in [-0.4, -0.2) is 34.2 Å². The van der Waals surface area contributed by atoms with E-state index in [4.69, 9.17) is 0 Å². The maximum Gasteiger partial charge on any atom is 0.260 e. The minimum Gasteiger partial charge on any atom is -0.393 e. The molecular formula is C18H20N4O3S. The number of aliphatic hydroxyl groups is 1. The largest absolute Gasteiger partial charge is 0.393 e. The lowest BCUT2D eigenvalue weighted by Crippen LogP contribution is -2.41. The van der Waals surface area contributed by atoms with E-state index >= 15 is 0 Å². The summed E-state index contributed by atoms with van der Waals surface area (Å²) in [6.07, 6.45) is 5.36. The number of rotatable bonds is 5. The van der Waals surface area contributed by atoms with Crippen LogP contribution in [0.2, 0.25) is 0 Å². The van der Waals surface area contributed by atoms with Crippen molar-refractivity contribution in [2.24, 2.45) is 13.0 Å². The Morgan fingerprint density at radius 1 is 1.27 bits per heavy atom. The first-order valence-corrected chi connectivity index (χ1v) is 9.94. The molecule has 0 aliphatic heterocycles. The molecule has 1 fully saturated rings. The summed E-state index contributed by atoms with van der Waals surface area (Å²) in [5.41, 5.74) is 1.65. The smallest absolute Gasteiger partial charge is 0.260 e. The predicted octanol–water partition coefficient (Wildman–Crippen LogP) is 1.76. The van der Waals surface area contributed by atoms with Crippen molar-refractivity contribution in [3.8, 4) is 0 Å². The fourth-order valence-corrected chi connectivity index (χ4v) is 4.63. The molecule has 0 radical (unpaired) electrons. The molecule has 136 valence electrons. The van der Waals surface area contributed by atoms with Gasteiger partial charge in [0.15, 0.2) is 5.03 Å². The van der Waals surface area contributed by atoms with Crippen LogP contribution in [-0.2, 0) is 17.1 Å². The third-order valence-corrected chi connectivity index (χ3v) is 6.16. The molecule has 0 saturated heterocycles. The summed E-state index contributed by atoms with van der Waals surface area (Å²) < 4.78 is 29.9. The summed E-state index contributed by atoms with van der Waals surface area (Å²) in [5.74, 6) is 0.0199. The Hall–Kier alpha value is -2.29. The standard InChI is InChI=1S/C18H20N4O3S/c1-22-10-17(20-11-22)26(24,25)21-18(13-7-15(23)8-13)14-6-12-4-2-3-5-16(12)19-9-14/h2-6,9-11,13,15,18,21,23H,7-8H2,1H3. The second kappa shape index (κ2) is 6.46. The van der Waals surface area contributed by atoms with Crippen LogP contribution >= 0.6 is 0 Å². The van der Waals surface area contributed by atoms with E-state index in [-0.39, 0.29) is 17.0 Å². The van der Waals surface area contributed by atoms with Crippen molar-refractivity contribution in [1.29, 1.82) is 0 Å². The molecule has 8 heteroatoms. The Bertz CT molecular complexity index is 1040. The number of pyridine rings is 1. The van der Waals surface area contributed by atoms with Gasteiger partial charge in [0, 0.05) is 24.8 Å². The quantitative estimate of drug-likeness (QED) is 0.711. The van der Waals surface area contributed by atoms with Gasteiger partial charge in [0.25, 0.3) is 10.0 Å². The van der Waals surface area contributed by atoms with Crippen molar-refractivity contribution in [2.45, 2.75) is 30.0 Å². The van der Waals surface area contributed by atoms with Gasteiger partial charge in [-0.05, 0) is 36.5 Å². The van der Waals surface area contributed by atoms with E-state index < -0.39 is 16.1 Å². The molecule has 0 spiro atoms. The molecular weight excluding hydrogens is 352 g/mol. The van der Waals surface area contributed by atoms with Gasteiger partial charge in [-0.3, -0.25) is 4.98 Å². The summed E-state index contributed by atoms with van der Waals surface area (Å²) in [6.45, 7) is 0. The second-order valence-electron chi connectivity index (χ2n) is 6.82. The van der Waals surface area contributed by atoms with Gasteiger partial charge in [0.05, 0.1) is 24.0 Å². The number of imidazole rings is 1. The minimum atomic E-state index is -3.77. The fourth-order valence-electron chi connectivity index (χ4n) is 3.35. The highest BCUT2D eigenvalue weighted by atomic mass is 32.2. The van der Waals surface area contributed by atoms with E-state index in [1.54, 1.807) is 17.8 Å². The molecule has 1 saturated carbocycles. The molecule has 1 unspecified atom stereocenters. The minimum absolute atomic E-state index is 0.0152. The highest BCUT2D eigenvalue weighted by Crippen LogP contribution is 2.39. The van der Waals surface area contributed by atoms with Crippen molar-refractivity contribution < 1.29 is 13.5 Å². The Labute approximate surface area is 151 Å². The maximum absolute atomic E-state index is 12.7. The molecule has 3 aromatic rings. The highest BCUT2D eigenvalue weighted by Gasteiger charge is 2.37. The Kier molecular flexibility index (Phi) is 4.26. The van der Waals surface area contributed by atoms with Gasteiger partial charge in [0.1, 0.15) is 0 Å². The Morgan fingerprint density at radius 3 is 2.73 bits per heavy atom. The summed E-state index contributed by atoms with van der Waals surface area (Å²) in [7, 11) is -2.05. The fraction of sp³-hybridized carbons (Fsp3) is 0.333. The van der Waals surface area contributed by atoms with Crippen molar-refractivity contribution in [1.82, 2.24) is 19.3 Å². The number of nitrogens with zero attached hydrogens (tertiary/aromatic N) is 3. The monoisotopic (exact) mass is 372 g/mol. The van der Waals surface area contributed by atoms with Gasteiger partial charge >= 0.3 is 0 Å². The van der Waals surface area contributed by atoms with Gasteiger partial charge in [-0.25, -0.2) is 18.1 Å². The van der Waals surface area contributed by atoms with Gasteiger partial charge < -0.3 is 9.67 Å². The zero-order chi connectivity index (χ0) is 18.3. The van der Waals surface area contributed by atoms with Crippen LogP contribution < -0.4 is 4.72 Å². The first-order chi connectivity index (χ1) is 12.4. The number of nitrogens with one attached hydrogen (secondary N) is 1. The molecule has 4 rings (SSSR count). The molecule has 1 aliphatic carbocycles. The third-order valence-electron chi connectivity index (χ3n) is 4.83. The number of aromatic nitrogens is 3. The molecule has 2 N–H and O–H groups in total. The lowest BCUT2D eigenvalue weighted by Gasteiger charge is -2.37. The van der Waals surface area contributed by atoms with Crippen LogP contribution in [0.4, 0.5) is 0 Å². The van der Waals surface area contributed by atoms with Crippen LogP contribution in [0.15, 0.2) is 54.1 Å². The average molecular weight is 372 g/mol. The average Bonchev–Trinajstić information content (AvgIpc) is 3.04. The number of hydrogen-bond acceptors (Lipinski definition) is 5. The highest BCUT2D eigenvalue weighted by molar-refractivity contribution is 7.89. The Morgan fingerprint density at radius 2 is 2.04 bits per heavy atom. The zero-order valence-electron chi connectivity index (χ0n) is 14.3. The van der Waals surface area contributed by atoms with Gasteiger partial charge in [-0.15, -0.1) is 0 Å². The Balaban J connectivity index is 1.70. The van der Waals surface area contributed by atoms with Gasteiger partial charge in [-0.2, -0.15) is 0 Å². The van der Waals surface area contributed by atoms with E-state index in [0.29, 0.717) is 12.8 Å². The molecule has 1 aromatic carbocycles. The number of sulfonamides is 1. The van der Waals surface area contributed by atoms with Crippen LogP contribution in [0, 0.1) is 5.92 Å². The zero-order valence-corrected chi connectivity index (χ0v) is 15.1. The number of hydrogen-bond donors (Lipinski definition) is 2. The third kappa shape index (κ3) is 3.23. The van der Waals surface area contributed by atoms with Crippen molar-refractivity contribution in [3.05, 3.63) is 54.6 Å². The molecule has 0 bridgehead atoms. The summed E-state index contributed by atoms with van der Waals surface area (Å²) >= 11 is 0. The normalized spacial score (nSPS) is 21.5. The lowest BCUT2D eigenvalue weighted by atomic mass is 9.75. The molecule has 1 aliphatic rings. The van der Waals surface area contributed by atoms with Crippen LogP contribution in [0.25, 0.3) is 10.9 Å². The topological polar surface area (TPSA) is 97.1 Å². The lowest BCUT2D eigenvalue weighted by molar-refractivity contribution is 0.0280. The van der Waals surface area contributed by atoms with Gasteiger partial charge in [-0.1, -0.05) is 18.2 Å². The summed E-state index contributed by atoms with van der Waals surface area (Å²) in [4.78, 5) is 8.40. The van der Waals surface area contributed by atoms with Crippen molar-refractivity contribution in [3.63, 3.8) is 0 Å². The number of aryl methyl sites for hydroxylation is 1. The summed E-state index contributed by atoms with van der Waals surface area (Å²) in [6, 6.07) is 9.21. The number of benzene rings is 1. The van der Waals surface area contributed by atoms with E-state index in [0.717, 1.165) is 16.5 Å². The molecule has 1 atom stereocenters. The second-order valence-corrected chi connectivity index (χ2v) is 8.48. The van der Waals surface area contributed by atoms with E-state index in [1.807, 2.05) is 30.3 Å². The SMILES string of the molecule is Cn1cnc(S(=O)(=O)NC(c2cnc3ccccc3c2)C2CC(O)C2)c1. The first-order valence-electron chi connectivity index (χ1n) is 8.45. The molecule has 7 nitrogen and oxygen atoms in total. The van der Waals surface area contributed by atoms with Crippen LogP contribution in [0.5, 0.6) is 0 Å². The van der Waals surface area contributed by atoms with Crippen molar-refractivity contribution >= 4 is 20.9 Å². The maximum atomic E-state index is 12.7. The van der Waals surface area contributed by atoms with E-state index in [9.17, 15) is 13.5 Å². The van der Waals surface area contributed by atoms with Crippen LogP contribution in [0.1, 0.15) is 24.4 Å². The number of para-hydroxylation sites is 1. The van der Waals surface area contributed by atoms with E-state index in [1.165, 1.54) is 12.5 Å². The molecule has 26 heavy (non-hydrogen) atoms. The number of aliphatic hydroxyl groups excluding tert-OH is 1. The molecule has 2 heterocycles. The van der Waals surface area contributed by atoms with Gasteiger partial charge in [0.2, 0.25) is 0 Å². The first kappa shape index (κ1) is 17.1. The molecule has 0 amide bonds. The summed E-state index contributed by atoms with van der Waals surface area (Å²) in [5, 5.41) is 10.6. The van der Waals surface area contributed by atoms with Crippen molar-refractivity contribution in [2.75, 3.05) is 0 Å². The van der Waals surface area contributed by atoms with E-state index in [2.05, 4.69) is 14.7 Å².